The van der Waals surface area contributed by atoms with Crippen LogP contribution in [-0.4, -0.2) is 47.6 Å². The highest BCUT2D eigenvalue weighted by Gasteiger charge is 2.48. The van der Waals surface area contributed by atoms with Gasteiger partial charge in [0.1, 0.15) is 11.9 Å². The molecule has 1 heterocycles. The van der Waals surface area contributed by atoms with Crippen molar-refractivity contribution < 1.29 is 9.53 Å². The second kappa shape index (κ2) is 8.18. The summed E-state index contributed by atoms with van der Waals surface area (Å²) in [5, 5.41) is 0. The fourth-order valence-corrected chi connectivity index (χ4v) is 3.44. The number of likely N-dealkylation sites (N-methyl/N-ethyl adjacent to an activating group) is 1. The summed E-state index contributed by atoms with van der Waals surface area (Å²) < 4.78 is 5.92. The van der Waals surface area contributed by atoms with Crippen LogP contribution in [0.2, 0.25) is 0 Å². The van der Waals surface area contributed by atoms with Gasteiger partial charge in [-0.2, -0.15) is 0 Å². The summed E-state index contributed by atoms with van der Waals surface area (Å²) in [7, 11) is 3.91. The molecule has 140 valence electrons. The van der Waals surface area contributed by atoms with Crippen LogP contribution in [0.25, 0.3) is 0 Å². The molecule has 1 unspecified atom stereocenters. The van der Waals surface area contributed by atoms with Crippen LogP contribution in [0.3, 0.4) is 0 Å². The topological polar surface area (TPSA) is 58.2 Å². The van der Waals surface area contributed by atoms with Crippen LogP contribution in [0, 0.1) is 0 Å². The molecule has 1 aromatic heterocycles. The van der Waals surface area contributed by atoms with Crippen LogP contribution in [0.15, 0.2) is 73.1 Å². The molecule has 0 saturated heterocycles. The number of hydrogen-bond donors (Lipinski definition) is 1. The number of H-pyrrole nitrogens is 1. The first-order valence-corrected chi connectivity index (χ1v) is 9.02. The van der Waals surface area contributed by atoms with Crippen LogP contribution < -0.4 is 0 Å². The van der Waals surface area contributed by atoms with Crippen molar-refractivity contribution in [2.45, 2.75) is 18.4 Å². The lowest BCUT2D eigenvalue weighted by molar-refractivity contribution is -0.153. The van der Waals surface area contributed by atoms with E-state index in [1.54, 1.807) is 12.4 Å². The van der Waals surface area contributed by atoms with Gasteiger partial charge in [0, 0.05) is 18.9 Å². The number of imidazole rings is 1. The van der Waals surface area contributed by atoms with Crippen molar-refractivity contribution in [2.24, 2.45) is 0 Å². The van der Waals surface area contributed by atoms with E-state index in [1.165, 1.54) is 0 Å². The SMILES string of the molecule is CC(CN(C)C)OC(=O)C(c1ccccc1)(c1ccccc1)c1ncc[nH]1. The maximum absolute atomic E-state index is 13.7. The molecule has 0 aliphatic rings. The van der Waals surface area contributed by atoms with Gasteiger partial charge in [0.25, 0.3) is 0 Å². The molecule has 5 heteroatoms. The van der Waals surface area contributed by atoms with E-state index >= 15 is 0 Å². The van der Waals surface area contributed by atoms with E-state index < -0.39 is 5.41 Å². The van der Waals surface area contributed by atoms with Gasteiger partial charge in [0.05, 0.1) is 0 Å². The molecule has 0 spiro atoms. The predicted octanol–water partition coefficient (Wildman–Crippen LogP) is 3.24. The average Bonchev–Trinajstić information content (AvgIpc) is 3.18. The fraction of sp³-hybridized carbons (Fsp3) is 0.273. The Morgan fingerprint density at radius 1 is 1.07 bits per heavy atom. The van der Waals surface area contributed by atoms with Crippen LogP contribution >= 0.6 is 0 Å². The van der Waals surface area contributed by atoms with Crippen molar-refractivity contribution in [1.29, 1.82) is 0 Å². The number of carbonyl (C=O) groups is 1. The Morgan fingerprint density at radius 2 is 1.63 bits per heavy atom. The molecule has 3 rings (SSSR count). The average molecular weight is 363 g/mol. The highest BCUT2D eigenvalue weighted by molar-refractivity contribution is 5.91. The Balaban J connectivity index is 2.17. The third kappa shape index (κ3) is 3.78. The third-order valence-corrected chi connectivity index (χ3v) is 4.50. The molecule has 0 saturated carbocycles. The Bertz CT molecular complexity index is 806. The Morgan fingerprint density at radius 3 is 2.07 bits per heavy atom. The van der Waals surface area contributed by atoms with Gasteiger partial charge < -0.3 is 14.6 Å². The van der Waals surface area contributed by atoms with Crippen molar-refractivity contribution in [2.75, 3.05) is 20.6 Å². The Labute approximate surface area is 160 Å². The molecule has 2 aromatic carbocycles. The summed E-state index contributed by atoms with van der Waals surface area (Å²) >= 11 is 0. The smallest absolute Gasteiger partial charge is 0.329 e. The highest BCUT2D eigenvalue weighted by Crippen LogP contribution is 2.39. The van der Waals surface area contributed by atoms with Crippen LogP contribution in [0.1, 0.15) is 23.9 Å². The minimum absolute atomic E-state index is 0.255. The minimum Gasteiger partial charge on any atom is -0.460 e. The molecule has 5 nitrogen and oxygen atoms in total. The van der Waals surface area contributed by atoms with Gasteiger partial charge in [0.15, 0.2) is 5.41 Å². The molecule has 1 N–H and O–H groups in total. The van der Waals surface area contributed by atoms with E-state index in [2.05, 4.69) is 9.97 Å². The van der Waals surface area contributed by atoms with Gasteiger partial charge in [-0.1, -0.05) is 60.7 Å². The largest absolute Gasteiger partial charge is 0.460 e. The van der Waals surface area contributed by atoms with E-state index in [9.17, 15) is 4.79 Å². The number of nitrogens with zero attached hydrogens (tertiary/aromatic N) is 2. The second-order valence-electron chi connectivity index (χ2n) is 6.90. The van der Waals surface area contributed by atoms with Crippen LogP contribution in [0.5, 0.6) is 0 Å². The van der Waals surface area contributed by atoms with Gasteiger partial charge in [-0.05, 0) is 32.1 Å². The first-order valence-electron chi connectivity index (χ1n) is 9.02. The second-order valence-corrected chi connectivity index (χ2v) is 6.90. The number of rotatable bonds is 7. The number of carbonyl (C=O) groups excluding carboxylic acids is 1. The summed E-state index contributed by atoms with van der Waals surface area (Å²) in [6.07, 6.45) is 3.13. The molecule has 0 bridgehead atoms. The van der Waals surface area contributed by atoms with E-state index in [1.807, 2.05) is 86.6 Å². The van der Waals surface area contributed by atoms with Crippen molar-refractivity contribution in [1.82, 2.24) is 14.9 Å². The van der Waals surface area contributed by atoms with E-state index in [-0.39, 0.29) is 12.1 Å². The third-order valence-electron chi connectivity index (χ3n) is 4.50. The molecule has 0 radical (unpaired) electrons. The molecule has 0 fully saturated rings. The number of aromatic amines is 1. The summed E-state index contributed by atoms with van der Waals surface area (Å²) in [5.41, 5.74) is 0.466. The van der Waals surface area contributed by atoms with Gasteiger partial charge >= 0.3 is 5.97 Å². The van der Waals surface area contributed by atoms with Crippen molar-refractivity contribution >= 4 is 5.97 Å². The number of hydrogen-bond acceptors (Lipinski definition) is 4. The zero-order chi connectivity index (χ0) is 19.3. The summed E-state index contributed by atoms with van der Waals surface area (Å²) in [5.74, 6) is 0.200. The zero-order valence-electron chi connectivity index (χ0n) is 15.9. The summed E-state index contributed by atoms with van der Waals surface area (Å²) in [4.78, 5) is 23.3. The van der Waals surface area contributed by atoms with Crippen molar-refractivity contribution in [3.63, 3.8) is 0 Å². The lowest BCUT2D eigenvalue weighted by atomic mass is 9.73. The van der Waals surface area contributed by atoms with E-state index in [0.29, 0.717) is 12.4 Å². The van der Waals surface area contributed by atoms with Crippen molar-refractivity contribution in [3.8, 4) is 0 Å². The lowest BCUT2D eigenvalue weighted by Gasteiger charge is -2.32. The Kier molecular flexibility index (Phi) is 5.72. The molecule has 27 heavy (non-hydrogen) atoms. The molecule has 3 aromatic rings. The number of esters is 1. The first kappa shape index (κ1) is 18.9. The van der Waals surface area contributed by atoms with E-state index in [0.717, 1.165) is 11.1 Å². The number of nitrogens with one attached hydrogen (secondary N) is 1. The molecular formula is C22H25N3O2. The maximum atomic E-state index is 13.7. The first-order chi connectivity index (χ1) is 13.0. The minimum atomic E-state index is -1.16. The standard InChI is InChI=1S/C22H25N3O2/c1-17(16-25(2)3)27-21(26)22(20-23-14-15-24-20,18-10-6-4-7-11-18)19-12-8-5-9-13-19/h4-15,17H,16H2,1-3H3,(H,23,24). The lowest BCUT2D eigenvalue weighted by Crippen LogP contribution is -2.43. The number of ether oxygens (including phenoxy) is 1. The highest BCUT2D eigenvalue weighted by atomic mass is 16.5. The number of aromatic nitrogens is 2. The maximum Gasteiger partial charge on any atom is 0.329 e. The molecule has 0 aliphatic carbocycles. The van der Waals surface area contributed by atoms with Crippen molar-refractivity contribution in [3.05, 3.63) is 90.0 Å². The van der Waals surface area contributed by atoms with Crippen LogP contribution in [0.4, 0.5) is 0 Å². The summed E-state index contributed by atoms with van der Waals surface area (Å²) in [6, 6.07) is 19.3. The summed E-state index contributed by atoms with van der Waals surface area (Å²) in [6.45, 7) is 2.55. The normalized spacial score (nSPS) is 12.7. The van der Waals surface area contributed by atoms with Gasteiger partial charge in [-0.3, -0.25) is 4.79 Å². The van der Waals surface area contributed by atoms with Crippen LogP contribution in [-0.2, 0) is 14.9 Å². The molecule has 0 amide bonds. The quantitative estimate of drug-likeness (QED) is 0.655. The molecule has 1 atom stereocenters. The molecule has 0 aliphatic heterocycles. The Hall–Kier alpha value is -2.92. The van der Waals surface area contributed by atoms with Gasteiger partial charge in [-0.15, -0.1) is 0 Å². The molecular weight excluding hydrogens is 338 g/mol. The fourth-order valence-electron chi connectivity index (χ4n) is 3.44. The zero-order valence-corrected chi connectivity index (χ0v) is 15.9. The van der Waals surface area contributed by atoms with Gasteiger partial charge in [0.2, 0.25) is 0 Å². The van der Waals surface area contributed by atoms with E-state index in [4.69, 9.17) is 4.74 Å². The number of benzene rings is 2. The predicted molar refractivity (Wildman–Crippen MR) is 105 cm³/mol. The monoisotopic (exact) mass is 363 g/mol. The van der Waals surface area contributed by atoms with Gasteiger partial charge in [-0.25, -0.2) is 4.98 Å².